The van der Waals surface area contributed by atoms with Gasteiger partial charge in [-0.25, -0.2) is 0 Å². The third-order valence-corrected chi connectivity index (χ3v) is 4.65. The molecule has 1 N–H and O–H groups in total. The summed E-state index contributed by atoms with van der Waals surface area (Å²) in [5.41, 5.74) is 2.47. The first-order chi connectivity index (χ1) is 13.6. The third kappa shape index (κ3) is 3.62. The van der Waals surface area contributed by atoms with Crippen LogP contribution in [-0.2, 0) is 11.2 Å². The average Bonchev–Trinajstić information content (AvgIpc) is 3.38. The lowest BCUT2D eigenvalue weighted by molar-refractivity contribution is -0.122. The fraction of sp³-hybridized carbons (Fsp3) is 0.182. The largest absolute Gasteiger partial charge is 0.481 e. The van der Waals surface area contributed by atoms with Crippen LogP contribution in [0.25, 0.3) is 0 Å². The molecule has 0 radical (unpaired) electrons. The molecule has 1 unspecified atom stereocenters. The normalized spacial score (nSPS) is 13.7. The highest BCUT2D eigenvalue weighted by Gasteiger charge is 2.27. The molecule has 1 atom stereocenters. The number of furan rings is 1. The molecule has 6 heteroatoms. The van der Waals surface area contributed by atoms with E-state index in [2.05, 4.69) is 5.32 Å². The Hall–Kier alpha value is -3.54. The van der Waals surface area contributed by atoms with Gasteiger partial charge in [-0.05, 0) is 55.3 Å². The minimum Gasteiger partial charge on any atom is -0.481 e. The predicted molar refractivity (Wildman–Crippen MR) is 106 cm³/mol. The van der Waals surface area contributed by atoms with Gasteiger partial charge in [0.05, 0.1) is 6.26 Å². The number of hydrogen-bond acceptors (Lipinski definition) is 4. The van der Waals surface area contributed by atoms with E-state index in [0.717, 1.165) is 17.7 Å². The predicted octanol–water partition coefficient (Wildman–Crippen LogP) is 3.89. The standard InChI is InChI=1S/C22H20N2O4/c1-15(28-18-6-3-2-4-7-18)21(25)23-17-10-9-16-11-12-24(19(16)14-17)22(26)20-8-5-13-27-20/h2-10,13-15H,11-12H2,1H3,(H,23,25). The van der Waals surface area contributed by atoms with Crippen LogP contribution >= 0.6 is 0 Å². The highest BCUT2D eigenvalue weighted by Crippen LogP contribution is 2.32. The van der Waals surface area contributed by atoms with Gasteiger partial charge in [-0.3, -0.25) is 9.59 Å². The van der Waals surface area contributed by atoms with Gasteiger partial charge in [-0.2, -0.15) is 0 Å². The minimum atomic E-state index is -0.656. The van der Waals surface area contributed by atoms with Crippen LogP contribution in [0.5, 0.6) is 5.75 Å². The maximum atomic E-state index is 12.6. The fourth-order valence-electron chi connectivity index (χ4n) is 3.20. The lowest BCUT2D eigenvalue weighted by Crippen LogP contribution is -2.30. The van der Waals surface area contributed by atoms with Crippen molar-refractivity contribution >= 4 is 23.2 Å². The van der Waals surface area contributed by atoms with E-state index in [1.54, 1.807) is 36.1 Å². The number of amides is 2. The quantitative estimate of drug-likeness (QED) is 0.733. The highest BCUT2D eigenvalue weighted by molar-refractivity contribution is 6.06. The molecule has 0 saturated heterocycles. The summed E-state index contributed by atoms with van der Waals surface area (Å²) < 4.78 is 10.9. The van der Waals surface area contributed by atoms with Crippen molar-refractivity contribution in [1.82, 2.24) is 0 Å². The Bertz CT molecular complexity index is 983. The molecular weight excluding hydrogens is 356 g/mol. The zero-order valence-electron chi connectivity index (χ0n) is 15.4. The average molecular weight is 376 g/mol. The molecule has 28 heavy (non-hydrogen) atoms. The molecule has 0 fully saturated rings. The molecule has 2 heterocycles. The van der Waals surface area contributed by atoms with Crippen LogP contribution in [0.3, 0.4) is 0 Å². The minimum absolute atomic E-state index is 0.187. The van der Waals surface area contributed by atoms with Crippen molar-refractivity contribution in [3.05, 3.63) is 78.3 Å². The molecule has 2 aromatic carbocycles. The number of nitrogens with one attached hydrogen (secondary N) is 1. The SMILES string of the molecule is CC(Oc1ccccc1)C(=O)Nc1ccc2c(c1)N(C(=O)c1ccco1)CC2. The highest BCUT2D eigenvalue weighted by atomic mass is 16.5. The van der Waals surface area contributed by atoms with E-state index in [9.17, 15) is 9.59 Å². The van der Waals surface area contributed by atoms with Gasteiger partial charge in [-0.1, -0.05) is 24.3 Å². The number of carbonyl (C=O) groups is 2. The second-order valence-corrected chi connectivity index (χ2v) is 6.59. The molecular formula is C22H20N2O4. The maximum Gasteiger partial charge on any atom is 0.293 e. The monoisotopic (exact) mass is 376 g/mol. The van der Waals surface area contributed by atoms with Crippen molar-refractivity contribution < 1.29 is 18.7 Å². The van der Waals surface area contributed by atoms with Crippen LogP contribution < -0.4 is 15.0 Å². The van der Waals surface area contributed by atoms with Gasteiger partial charge in [0, 0.05) is 17.9 Å². The summed E-state index contributed by atoms with van der Waals surface area (Å²) in [7, 11) is 0. The smallest absolute Gasteiger partial charge is 0.293 e. The molecule has 1 aliphatic heterocycles. The van der Waals surface area contributed by atoms with Crippen LogP contribution in [0.1, 0.15) is 23.0 Å². The first kappa shape index (κ1) is 17.9. The fourth-order valence-corrected chi connectivity index (χ4v) is 3.20. The van der Waals surface area contributed by atoms with Gasteiger partial charge < -0.3 is 19.4 Å². The number of benzene rings is 2. The van der Waals surface area contributed by atoms with Crippen LogP contribution in [-0.4, -0.2) is 24.5 Å². The number of carbonyl (C=O) groups excluding carboxylic acids is 2. The van der Waals surface area contributed by atoms with Crippen LogP contribution in [0.15, 0.2) is 71.3 Å². The van der Waals surface area contributed by atoms with Gasteiger partial charge in [0.15, 0.2) is 11.9 Å². The zero-order valence-corrected chi connectivity index (χ0v) is 15.4. The van der Waals surface area contributed by atoms with Crippen molar-refractivity contribution in [3.63, 3.8) is 0 Å². The second kappa shape index (κ2) is 7.60. The first-order valence-electron chi connectivity index (χ1n) is 9.12. The lowest BCUT2D eigenvalue weighted by atomic mass is 10.1. The third-order valence-electron chi connectivity index (χ3n) is 4.65. The molecule has 4 rings (SSSR count). The zero-order chi connectivity index (χ0) is 19.5. The topological polar surface area (TPSA) is 71.8 Å². The molecule has 142 valence electrons. The van der Waals surface area contributed by atoms with Gasteiger partial charge in [-0.15, -0.1) is 0 Å². The molecule has 0 aliphatic carbocycles. The van der Waals surface area contributed by atoms with Crippen LogP contribution in [0.4, 0.5) is 11.4 Å². The van der Waals surface area contributed by atoms with Gasteiger partial charge in [0.2, 0.25) is 0 Å². The Balaban J connectivity index is 1.47. The van der Waals surface area contributed by atoms with Crippen molar-refractivity contribution in [3.8, 4) is 5.75 Å². The number of rotatable bonds is 5. The summed E-state index contributed by atoms with van der Waals surface area (Å²) in [4.78, 5) is 26.8. The van der Waals surface area contributed by atoms with E-state index in [1.165, 1.54) is 6.26 Å². The summed E-state index contributed by atoms with van der Waals surface area (Å²) >= 11 is 0. The molecule has 1 aromatic heterocycles. The van der Waals surface area contributed by atoms with E-state index in [0.29, 0.717) is 23.7 Å². The summed E-state index contributed by atoms with van der Waals surface area (Å²) in [5.74, 6) is 0.486. The number of hydrogen-bond donors (Lipinski definition) is 1. The molecule has 0 saturated carbocycles. The maximum absolute atomic E-state index is 12.6. The molecule has 0 spiro atoms. The summed E-state index contributed by atoms with van der Waals surface area (Å²) in [5, 5.41) is 2.86. The van der Waals surface area contributed by atoms with E-state index >= 15 is 0 Å². The Morgan fingerprint density at radius 2 is 1.93 bits per heavy atom. The number of anilines is 2. The molecule has 1 aliphatic rings. The number of fused-ring (bicyclic) bond motifs is 1. The number of nitrogens with zero attached hydrogens (tertiary/aromatic N) is 1. The van der Waals surface area contributed by atoms with Crippen LogP contribution in [0, 0.1) is 0 Å². The van der Waals surface area contributed by atoms with Crippen molar-refractivity contribution in [2.75, 3.05) is 16.8 Å². The molecule has 6 nitrogen and oxygen atoms in total. The van der Waals surface area contributed by atoms with E-state index in [-0.39, 0.29) is 11.8 Å². The van der Waals surface area contributed by atoms with Gasteiger partial charge >= 0.3 is 0 Å². The van der Waals surface area contributed by atoms with Crippen molar-refractivity contribution in [1.29, 1.82) is 0 Å². The number of ether oxygens (including phenoxy) is 1. The molecule has 3 aromatic rings. The van der Waals surface area contributed by atoms with E-state index in [4.69, 9.17) is 9.15 Å². The summed E-state index contributed by atoms with van der Waals surface area (Å²) in [6.45, 7) is 2.28. The molecule has 2 amide bonds. The molecule has 0 bridgehead atoms. The van der Waals surface area contributed by atoms with Crippen molar-refractivity contribution in [2.45, 2.75) is 19.4 Å². The van der Waals surface area contributed by atoms with E-state index < -0.39 is 6.10 Å². The number of para-hydroxylation sites is 1. The lowest BCUT2D eigenvalue weighted by Gasteiger charge is -2.18. The Morgan fingerprint density at radius 3 is 2.68 bits per heavy atom. The Morgan fingerprint density at radius 1 is 1.11 bits per heavy atom. The van der Waals surface area contributed by atoms with Gasteiger partial charge in [0.25, 0.3) is 11.8 Å². The van der Waals surface area contributed by atoms with E-state index in [1.807, 2.05) is 36.4 Å². The summed E-state index contributed by atoms with van der Waals surface area (Å²) in [6.07, 6.45) is 1.59. The Labute approximate surface area is 162 Å². The first-order valence-corrected chi connectivity index (χ1v) is 9.12. The Kier molecular flexibility index (Phi) is 4.85. The summed E-state index contributed by atoms with van der Waals surface area (Å²) in [6, 6.07) is 18.1. The van der Waals surface area contributed by atoms with Gasteiger partial charge in [0.1, 0.15) is 5.75 Å². The second-order valence-electron chi connectivity index (χ2n) is 6.59. The van der Waals surface area contributed by atoms with Crippen molar-refractivity contribution in [2.24, 2.45) is 0 Å². The van der Waals surface area contributed by atoms with Crippen LogP contribution in [0.2, 0.25) is 0 Å².